The number of nitrogens with one attached hydrogen (secondary N) is 1. The van der Waals surface area contributed by atoms with Gasteiger partial charge in [0.15, 0.2) is 0 Å². The second-order valence-corrected chi connectivity index (χ2v) is 20.3. The number of unbranched alkanes of at least 4 members (excludes halogenated alkanes) is 28. The Morgan fingerprint density at radius 1 is 0.532 bits per heavy atom. The summed E-state index contributed by atoms with van der Waals surface area (Å²) in [5.74, 6) is -0.195. The van der Waals surface area contributed by atoms with Crippen molar-refractivity contribution in [1.29, 1.82) is 0 Å². The van der Waals surface area contributed by atoms with Crippen molar-refractivity contribution in [3.63, 3.8) is 0 Å². The van der Waals surface area contributed by atoms with Crippen molar-refractivity contribution >= 4 is 13.7 Å². The van der Waals surface area contributed by atoms with Gasteiger partial charge in [-0.2, -0.15) is 0 Å². The number of amides is 1. The number of nitrogens with zero attached hydrogens (tertiary/aromatic N) is 1. The van der Waals surface area contributed by atoms with Gasteiger partial charge in [0.1, 0.15) is 13.2 Å². The zero-order valence-electron chi connectivity index (χ0n) is 41.4. The minimum absolute atomic E-state index is 0.0520. The summed E-state index contributed by atoms with van der Waals surface area (Å²) in [5.41, 5.74) is 0. The van der Waals surface area contributed by atoms with Crippen LogP contribution in [0.15, 0.2) is 48.6 Å². The second kappa shape index (κ2) is 44.7. The molecule has 9 heteroatoms. The van der Waals surface area contributed by atoms with E-state index in [1.807, 2.05) is 27.2 Å². The Morgan fingerprint density at radius 3 is 1.29 bits per heavy atom. The Balaban J connectivity index is 4.39. The van der Waals surface area contributed by atoms with Gasteiger partial charge in [0, 0.05) is 6.42 Å². The molecule has 8 nitrogen and oxygen atoms in total. The standard InChI is InChI=1S/C53H101N2O6P/c1-6-8-10-12-14-16-18-20-22-24-26-28-30-32-34-36-38-40-42-44-46-52(56)51(50-61-62(58,59)60-49-48-55(3,4)5)54-53(57)47-45-43-41-39-37-35-33-31-29-27-25-23-21-19-17-15-13-11-9-7-2/h27-30,36,38,44,46,51-52,56H,6-26,31-35,37,39-43,45,47-50H2,1-5H3,(H-,54,57,58,59)/p+1/b29-27-,30-28+,38-36+,46-44+. The Bertz CT molecular complexity index is 1150. The number of hydrogen-bond acceptors (Lipinski definition) is 5. The number of allylic oxidation sites excluding steroid dienone is 7. The zero-order chi connectivity index (χ0) is 45.7. The maximum Gasteiger partial charge on any atom is 0.472 e. The molecule has 0 aliphatic carbocycles. The first-order valence-electron chi connectivity index (χ1n) is 26.0. The van der Waals surface area contributed by atoms with Gasteiger partial charge in [0.25, 0.3) is 0 Å². The van der Waals surface area contributed by atoms with Gasteiger partial charge < -0.3 is 19.8 Å². The molecule has 3 N–H and O–H groups in total. The predicted molar refractivity (Wildman–Crippen MR) is 267 cm³/mol. The summed E-state index contributed by atoms with van der Waals surface area (Å²) < 4.78 is 23.6. The highest BCUT2D eigenvalue weighted by molar-refractivity contribution is 7.47. The molecule has 62 heavy (non-hydrogen) atoms. The molecule has 0 aromatic carbocycles. The van der Waals surface area contributed by atoms with E-state index in [0.717, 1.165) is 44.9 Å². The molecule has 0 radical (unpaired) electrons. The van der Waals surface area contributed by atoms with E-state index in [0.29, 0.717) is 17.4 Å². The van der Waals surface area contributed by atoms with E-state index in [9.17, 15) is 19.4 Å². The lowest BCUT2D eigenvalue weighted by atomic mass is 10.1. The van der Waals surface area contributed by atoms with Gasteiger partial charge in [0.2, 0.25) is 5.91 Å². The predicted octanol–water partition coefficient (Wildman–Crippen LogP) is 15.2. The normalized spacial score (nSPS) is 14.5. The Labute approximate surface area is 384 Å². The lowest BCUT2D eigenvalue weighted by molar-refractivity contribution is -0.870. The molecule has 0 aliphatic heterocycles. The van der Waals surface area contributed by atoms with Crippen molar-refractivity contribution in [2.45, 2.75) is 244 Å². The van der Waals surface area contributed by atoms with Crippen LogP contribution in [0.25, 0.3) is 0 Å². The van der Waals surface area contributed by atoms with Gasteiger partial charge in [-0.15, -0.1) is 0 Å². The summed E-state index contributed by atoms with van der Waals surface area (Å²) in [5, 5.41) is 13.9. The van der Waals surface area contributed by atoms with Crippen LogP contribution in [0, 0.1) is 0 Å². The SMILES string of the molecule is CCCCCCCCCCC/C=C\CCCCCCCCCC(=O)NC(COP(=O)(O)OCC[N+](C)(C)C)C(O)/C=C/CC/C=C/CC/C=C/CCCCCCCCCCCC. The molecule has 0 aliphatic rings. The van der Waals surface area contributed by atoms with E-state index < -0.39 is 20.0 Å². The number of aliphatic hydroxyl groups is 1. The van der Waals surface area contributed by atoms with Crippen molar-refractivity contribution in [3.05, 3.63) is 48.6 Å². The minimum Gasteiger partial charge on any atom is -0.387 e. The summed E-state index contributed by atoms with van der Waals surface area (Å²) in [7, 11) is 1.54. The van der Waals surface area contributed by atoms with E-state index in [1.54, 1.807) is 6.08 Å². The monoisotopic (exact) mass is 894 g/mol. The van der Waals surface area contributed by atoms with Crippen LogP contribution in [0.2, 0.25) is 0 Å². The number of hydrogen-bond donors (Lipinski definition) is 3. The first-order chi connectivity index (χ1) is 30.0. The third-order valence-electron chi connectivity index (χ3n) is 11.5. The fraction of sp³-hybridized carbons (Fsp3) is 0.830. The highest BCUT2D eigenvalue weighted by atomic mass is 31.2. The zero-order valence-corrected chi connectivity index (χ0v) is 42.3. The summed E-state index contributed by atoms with van der Waals surface area (Å²) in [4.78, 5) is 23.2. The van der Waals surface area contributed by atoms with Crippen LogP contribution in [0.3, 0.4) is 0 Å². The summed E-state index contributed by atoms with van der Waals surface area (Å²) in [6, 6.07) is -0.872. The largest absolute Gasteiger partial charge is 0.472 e. The van der Waals surface area contributed by atoms with E-state index in [2.05, 4.69) is 55.6 Å². The third-order valence-corrected chi connectivity index (χ3v) is 12.5. The molecule has 0 fully saturated rings. The van der Waals surface area contributed by atoms with Gasteiger partial charge in [0.05, 0.1) is 39.9 Å². The van der Waals surface area contributed by atoms with E-state index in [1.165, 1.54) is 167 Å². The first kappa shape index (κ1) is 60.5. The molecule has 1 amide bonds. The van der Waals surface area contributed by atoms with Crippen LogP contribution < -0.4 is 5.32 Å². The molecule has 364 valence electrons. The van der Waals surface area contributed by atoms with E-state index >= 15 is 0 Å². The summed E-state index contributed by atoms with van der Waals surface area (Å²) in [6.07, 6.45) is 57.7. The first-order valence-corrected chi connectivity index (χ1v) is 27.5. The highest BCUT2D eigenvalue weighted by Gasteiger charge is 2.27. The Hall–Kier alpha value is -1.54. The molecular formula is C53H102N2O6P+. The second-order valence-electron chi connectivity index (χ2n) is 18.9. The van der Waals surface area contributed by atoms with Crippen molar-refractivity contribution in [2.75, 3.05) is 40.9 Å². The van der Waals surface area contributed by atoms with Crippen molar-refractivity contribution in [1.82, 2.24) is 5.32 Å². The van der Waals surface area contributed by atoms with Crippen molar-refractivity contribution in [2.24, 2.45) is 0 Å². The highest BCUT2D eigenvalue weighted by Crippen LogP contribution is 2.43. The smallest absolute Gasteiger partial charge is 0.387 e. The minimum atomic E-state index is -4.36. The van der Waals surface area contributed by atoms with Crippen molar-refractivity contribution in [3.8, 4) is 0 Å². The molecule has 3 atom stereocenters. The molecule has 0 bridgehead atoms. The third kappa shape index (κ3) is 46.5. The number of carbonyl (C=O) groups is 1. The molecule has 0 rings (SSSR count). The maximum atomic E-state index is 12.9. The topological polar surface area (TPSA) is 105 Å². The van der Waals surface area contributed by atoms with Gasteiger partial charge in [-0.1, -0.05) is 204 Å². The molecule has 0 aromatic rings. The molecule has 0 saturated heterocycles. The number of likely N-dealkylation sites (N-methyl/N-ethyl adjacent to an activating group) is 1. The molecule has 0 spiro atoms. The quantitative estimate of drug-likeness (QED) is 0.0243. The molecule has 3 unspecified atom stereocenters. The van der Waals surface area contributed by atoms with E-state index in [-0.39, 0.29) is 19.1 Å². The number of rotatable bonds is 47. The Kier molecular flexibility index (Phi) is 43.5. The number of phosphoric ester groups is 1. The number of quaternary nitrogens is 1. The van der Waals surface area contributed by atoms with Crippen LogP contribution in [-0.4, -0.2) is 73.4 Å². The van der Waals surface area contributed by atoms with Crippen molar-refractivity contribution < 1.29 is 32.9 Å². The van der Waals surface area contributed by atoms with Crippen LogP contribution in [0.4, 0.5) is 0 Å². The number of aliphatic hydroxyl groups excluding tert-OH is 1. The molecule has 0 saturated carbocycles. The average Bonchev–Trinajstić information content (AvgIpc) is 3.23. The fourth-order valence-electron chi connectivity index (χ4n) is 7.36. The van der Waals surface area contributed by atoms with Gasteiger partial charge in [-0.05, 0) is 70.6 Å². The van der Waals surface area contributed by atoms with Gasteiger partial charge in [-0.3, -0.25) is 13.8 Å². The van der Waals surface area contributed by atoms with Gasteiger partial charge in [-0.25, -0.2) is 4.57 Å². The van der Waals surface area contributed by atoms with Gasteiger partial charge >= 0.3 is 7.82 Å². The van der Waals surface area contributed by atoms with Crippen LogP contribution in [0.1, 0.15) is 232 Å². The molecule has 0 aromatic heterocycles. The summed E-state index contributed by atoms with van der Waals surface area (Å²) in [6.45, 7) is 4.79. The van der Waals surface area contributed by atoms with E-state index in [4.69, 9.17) is 9.05 Å². The lowest BCUT2D eigenvalue weighted by Gasteiger charge is -2.25. The molecule has 0 heterocycles. The maximum absolute atomic E-state index is 12.9. The number of carbonyl (C=O) groups excluding carboxylic acids is 1. The lowest BCUT2D eigenvalue weighted by Crippen LogP contribution is -2.45. The number of phosphoric acid groups is 1. The summed E-state index contributed by atoms with van der Waals surface area (Å²) >= 11 is 0. The molecular weight excluding hydrogens is 792 g/mol. The average molecular weight is 894 g/mol. The van der Waals surface area contributed by atoms with Crippen LogP contribution in [-0.2, 0) is 18.4 Å². The van der Waals surface area contributed by atoms with Crippen LogP contribution in [0.5, 0.6) is 0 Å². The fourth-order valence-corrected chi connectivity index (χ4v) is 8.10. The van der Waals surface area contributed by atoms with Crippen LogP contribution >= 0.6 is 7.82 Å². The Morgan fingerprint density at radius 2 is 0.887 bits per heavy atom.